The lowest BCUT2D eigenvalue weighted by Crippen LogP contribution is -2.27. The Labute approximate surface area is 176 Å². The molecule has 0 unspecified atom stereocenters. The summed E-state index contributed by atoms with van der Waals surface area (Å²) in [6.45, 7) is 10.9. The normalized spacial score (nSPS) is 12.0. The van der Waals surface area contributed by atoms with E-state index in [9.17, 15) is 4.79 Å². The zero-order valence-electron chi connectivity index (χ0n) is 18.2. The van der Waals surface area contributed by atoms with Gasteiger partial charge < -0.3 is 14.8 Å². The van der Waals surface area contributed by atoms with Gasteiger partial charge in [-0.1, -0.05) is 6.07 Å². The fourth-order valence-corrected chi connectivity index (χ4v) is 3.49. The molecule has 1 amide bonds. The third kappa shape index (κ3) is 4.69. The standard InChI is InChI=1S/C22H29N5O3/c1-6-29-19-10-8-17(12-20(19)30-7-2)14(3)25-21(28)11-9-18-15(4)26-22-23-13-24-27(22)16(18)5/h8,10,12-14H,6-7,9,11H2,1-5H3,(H,25,28)/t14-/m1/s1. The molecular weight excluding hydrogens is 382 g/mol. The molecule has 0 aliphatic heterocycles. The van der Waals surface area contributed by atoms with Gasteiger partial charge in [-0.3, -0.25) is 4.79 Å². The Hall–Kier alpha value is -3.16. The van der Waals surface area contributed by atoms with Crippen molar-refractivity contribution in [2.24, 2.45) is 0 Å². The van der Waals surface area contributed by atoms with Gasteiger partial charge in [0.05, 0.1) is 19.3 Å². The largest absolute Gasteiger partial charge is 0.490 e. The van der Waals surface area contributed by atoms with Gasteiger partial charge in [-0.05, 0) is 64.3 Å². The first kappa shape index (κ1) is 21.5. The van der Waals surface area contributed by atoms with Crippen LogP contribution in [0.5, 0.6) is 11.5 Å². The van der Waals surface area contributed by atoms with E-state index in [1.165, 1.54) is 6.33 Å². The van der Waals surface area contributed by atoms with E-state index in [1.54, 1.807) is 4.52 Å². The maximum Gasteiger partial charge on any atom is 0.252 e. The molecule has 0 bridgehead atoms. The molecule has 0 radical (unpaired) electrons. The number of nitrogens with zero attached hydrogens (tertiary/aromatic N) is 4. The lowest BCUT2D eigenvalue weighted by atomic mass is 10.0. The highest BCUT2D eigenvalue weighted by Crippen LogP contribution is 2.30. The highest BCUT2D eigenvalue weighted by atomic mass is 16.5. The molecule has 8 nitrogen and oxygen atoms in total. The van der Waals surface area contributed by atoms with Gasteiger partial charge in [0.15, 0.2) is 11.5 Å². The molecule has 0 saturated carbocycles. The molecule has 1 aromatic carbocycles. The second-order valence-electron chi connectivity index (χ2n) is 7.09. The SMILES string of the molecule is CCOc1ccc([C@@H](C)NC(=O)CCc2c(C)nc3ncnn3c2C)cc1OCC. The van der Waals surface area contributed by atoms with E-state index in [0.717, 1.165) is 22.5 Å². The molecule has 0 spiro atoms. The number of nitrogens with one attached hydrogen (secondary N) is 1. The Morgan fingerprint density at radius 3 is 2.63 bits per heavy atom. The van der Waals surface area contributed by atoms with E-state index >= 15 is 0 Å². The lowest BCUT2D eigenvalue weighted by molar-refractivity contribution is -0.121. The first-order valence-electron chi connectivity index (χ1n) is 10.3. The Morgan fingerprint density at radius 1 is 1.17 bits per heavy atom. The predicted molar refractivity (Wildman–Crippen MR) is 114 cm³/mol. The number of aryl methyl sites for hydroxylation is 2. The fraction of sp³-hybridized carbons (Fsp3) is 0.455. The van der Waals surface area contributed by atoms with Gasteiger partial charge in [-0.2, -0.15) is 10.1 Å². The maximum atomic E-state index is 12.6. The second kappa shape index (κ2) is 9.56. The summed E-state index contributed by atoms with van der Waals surface area (Å²) in [5.41, 5.74) is 3.83. The van der Waals surface area contributed by atoms with Gasteiger partial charge in [-0.15, -0.1) is 0 Å². The van der Waals surface area contributed by atoms with Crippen molar-refractivity contribution in [3.8, 4) is 11.5 Å². The van der Waals surface area contributed by atoms with Crippen molar-refractivity contribution in [2.75, 3.05) is 13.2 Å². The molecule has 0 aliphatic carbocycles. The molecule has 8 heteroatoms. The molecule has 1 atom stereocenters. The molecule has 3 rings (SSSR count). The Balaban J connectivity index is 1.66. The molecule has 0 saturated heterocycles. The van der Waals surface area contributed by atoms with Crippen LogP contribution in [0.2, 0.25) is 0 Å². The highest BCUT2D eigenvalue weighted by molar-refractivity contribution is 5.76. The molecule has 2 aromatic heterocycles. The molecular formula is C22H29N5O3. The second-order valence-corrected chi connectivity index (χ2v) is 7.09. The van der Waals surface area contributed by atoms with Crippen molar-refractivity contribution in [3.05, 3.63) is 47.0 Å². The molecule has 1 N–H and O–H groups in total. The average Bonchev–Trinajstić information content (AvgIpc) is 3.18. The minimum Gasteiger partial charge on any atom is -0.490 e. The van der Waals surface area contributed by atoms with E-state index in [4.69, 9.17) is 9.47 Å². The number of carbonyl (C=O) groups excluding carboxylic acids is 1. The number of hydrogen-bond donors (Lipinski definition) is 1. The average molecular weight is 412 g/mol. The highest BCUT2D eigenvalue weighted by Gasteiger charge is 2.16. The van der Waals surface area contributed by atoms with Gasteiger partial charge >= 0.3 is 0 Å². The topological polar surface area (TPSA) is 90.6 Å². The number of benzene rings is 1. The van der Waals surface area contributed by atoms with Crippen LogP contribution in [0, 0.1) is 13.8 Å². The van der Waals surface area contributed by atoms with Crippen LogP contribution in [-0.2, 0) is 11.2 Å². The van der Waals surface area contributed by atoms with Gasteiger partial charge in [-0.25, -0.2) is 9.50 Å². The Kier molecular flexibility index (Phi) is 6.87. The zero-order valence-corrected chi connectivity index (χ0v) is 18.2. The van der Waals surface area contributed by atoms with Crippen molar-refractivity contribution < 1.29 is 14.3 Å². The number of carbonyl (C=O) groups is 1. The number of fused-ring (bicyclic) bond motifs is 1. The van der Waals surface area contributed by atoms with Crippen LogP contribution in [0.15, 0.2) is 24.5 Å². The summed E-state index contributed by atoms with van der Waals surface area (Å²) < 4.78 is 13.0. The van der Waals surface area contributed by atoms with Gasteiger partial charge in [0.25, 0.3) is 5.78 Å². The smallest absolute Gasteiger partial charge is 0.252 e. The van der Waals surface area contributed by atoms with Crippen LogP contribution in [0.25, 0.3) is 5.78 Å². The van der Waals surface area contributed by atoms with Gasteiger partial charge in [0.1, 0.15) is 6.33 Å². The van der Waals surface area contributed by atoms with Crippen LogP contribution in [0.3, 0.4) is 0 Å². The van der Waals surface area contributed by atoms with Crippen molar-refractivity contribution in [1.29, 1.82) is 0 Å². The minimum absolute atomic E-state index is 0.0215. The summed E-state index contributed by atoms with van der Waals surface area (Å²) in [5, 5.41) is 7.27. The van der Waals surface area contributed by atoms with Gasteiger partial charge in [0.2, 0.25) is 5.91 Å². The molecule has 160 valence electrons. The predicted octanol–water partition coefficient (Wildman–Crippen LogP) is 3.35. The summed E-state index contributed by atoms with van der Waals surface area (Å²) in [6.07, 6.45) is 2.44. The molecule has 30 heavy (non-hydrogen) atoms. The summed E-state index contributed by atoms with van der Waals surface area (Å²) in [5.74, 6) is 1.96. The third-order valence-corrected chi connectivity index (χ3v) is 5.04. The molecule has 2 heterocycles. The van der Waals surface area contributed by atoms with Crippen LogP contribution in [0.1, 0.15) is 55.7 Å². The lowest BCUT2D eigenvalue weighted by Gasteiger charge is -2.18. The van der Waals surface area contributed by atoms with Crippen molar-refractivity contribution in [3.63, 3.8) is 0 Å². The monoisotopic (exact) mass is 411 g/mol. The fourth-order valence-electron chi connectivity index (χ4n) is 3.49. The first-order valence-corrected chi connectivity index (χ1v) is 10.3. The molecule has 0 fully saturated rings. The number of hydrogen-bond acceptors (Lipinski definition) is 6. The number of amides is 1. The summed E-state index contributed by atoms with van der Waals surface area (Å²) in [6, 6.07) is 5.62. The summed E-state index contributed by atoms with van der Waals surface area (Å²) in [7, 11) is 0. The summed E-state index contributed by atoms with van der Waals surface area (Å²) >= 11 is 0. The van der Waals surface area contributed by atoms with Crippen LogP contribution in [0.4, 0.5) is 0 Å². The van der Waals surface area contributed by atoms with Crippen molar-refractivity contribution in [2.45, 2.75) is 53.5 Å². The quantitative estimate of drug-likeness (QED) is 0.581. The van der Waals surface area contributed by atoms with Crippen LogP contribution in [-0.4, -0.2) is 38.7 Å². The number of aromatic nitrogens is 4. The third-order valence-electron chi connectivity index (χ3n) is 5.04. The summed E-state index contributed by atoms with van der Waals surface area (Å²) in [4.78, 5) is 21.2. The first-order chi connectivity index (χ1) is 14.4. The molecule has 3 aromatic rings. The maximum absolute atomic E-state index is 12.6. The number of ether oxygens (including phenoxy) is 2. The minimum atomic E-state index is -0.148. The van der Waals surface area contributed by atoms with E-state index < -0.39 is 0 Å². The zero-order chi connectivity index (χ0) is 21.7. The Bertz CT molecular complexity index is 1030. The van der Waals surface area contributed by atoms with Crippen LogP contribution < -0.4 is 14.8 Å². The van der Waals surface area contributed by atoms with Crippen LogP contribution >= 0.6 is 0 Å². The van der Waals surface area contributed by atoms with Crippen molar-refractivity contribution in [1.82, 2.24) is 24.9 Å². The van der Waals surface area contributed by atoms with Crippen molar-refractivity contribution >= 4 is 11.7 Å². The Morgan fingerprint density at radius 2 is 1.90 bits per heavy atom. The molecule has 0 aliphatic rings. The van der Waals surface area contributed by atoms with E-state index in [2.05, 4.69) is 20.4 Å². The van der Waals surface area contributed by atoms with E-state index in [1.807, 2.05) is 52.8 Å². The van der Waals surface area contributed by atoms with Gasteiger partial charge in [0, 0.05) is 17.8 Å². The van der Waals surface area contributed by atoms with E-state index in [0.29, 0.717) is 43.3 Å². The van der Waals surface area contributed by atoms with E-state index in [-0.39, 0.29) is 11.9 Å². The number of rotatable bonds is 9.